The minimum absolute atomic E-state index is 0.497. The molecule has 10 aromatic carbocycles. The zero-order chi connectivity index (χ0) is 44.5. The van der Waals surface area contributed by atoms with Gasteiger partial charge in [0.1, 0.15) is 22.3 Å². The molecule has 0 aliphatic rings. The second kappa shape index (κ2) is 14.1. The number of hydrogen-bond acceptors (Lipinski definition) is 5. The van der Waals surface area contributed by atoms with E-state index in [1.165, 1.54) is 16.3 Å². The Morgan fingerprint density at radius 1 is 0.309 bits per heavy atom. The van der Waals surface area contributed by atoms with E-state index in [1.807, 2.05) is 78.9 Å². The lowest BCUT2D eigenvalue weighted by Gasteiger charge is -2.12. The maximum Gasteiger partial charge on any atom is 0.238 e. The summed E-state index contributed by atoms with van der Waals surface area (Å²) in [6, 6.07) is 74.2. The van der Waals surface area contributed by atoms with Crippen molar-refractivity contribution in [1.29, 1.82) is 0 Å². The molecule has 0 radical (unpaired) electrons. The number of aromatic nitrogens is 5. The SMILES string of the molecule is c1ccc(-c2nc(-c3ccccc3)nc(-n3c4ccc(-c5ccc6c(c5)c5ccccc5n6-c5ccccc5)cc4c4c5ccc6oc7ccccc7c6c5c5c6ccccc6oc5c43)n2)cc1. The summed E-state index contributed by atoms with van der Waals surface area (Å²) < 4.78 is 18.3. The van der Waals surface area contributed by atoms with E-state index in [9.17, 15) is 0 Å². The highest BCUT2D eigenvalue weighted by molar-refractivity contribution is 6.41. The van der Waals surface area contributed by atoms with Crippen molar-refractivity contribution in [2.75, 3.05) is 0 Å². The summed E-state index contributed by atoms with van der Waals surface area (Å²) in [5.74, 6) is 1.66. The van der Waals surface area contributed by atoms with E-state index in [-0.39, 0.29) is 0 Å². The lowest BCUT2D eigenvalue weighted by atomic mass is 9.94. The van der Waals surface area contributed by atoms with Gasteiger partial charge in [-0.3, -0.25) is 4.57 Å². The molecule has 0 atom stereocenters. The van der Waals surface area contributed by atoms with Crippen molar-refractivity contribution in [2.24, 2.45) is 0 Å². The molecule has 0 spiro atoms. The first-order valence-electron chi connectivity index (χ1n) is 22.9. The van der Waals surface area contributed by atoms with Crippen molar-refractivity contribution in [1.82, 2.24) is 24.1 Å². The highest BCUT2D eigenvalue weighted by Crippen LogP contribution is 2.50. The van der Waals surface area contributed by atoms with Crippen LogP contribution in [0.3, 0.4) is 0 Å². The van der Waals surface area contributed by atoms with Crippen LogP contribution in [-0.2, 0) is 0 Å². The number of hydrogen-bond donors (Lipinski definition) is 0. The number of furan rings is 2. The summed E-state index contributed by atoms with van der Waals surface area (Å²) in [5.41, 5.74) is 12.5. The van der Waals surface area contributed by atoms with Gasteiger partial charge in [0.15, 0.2) is 17.2 Å². The number of rotatable bonds is 5. The molecule has 0 amide bonds. The first-order valence-corrected chi connectivity index (χ1v) is 22.9. The van der Waals surface area contributed by atoms with E-state index in [4.69, 9.17) is 23.8 Å². The van der Waals surface area contributed by atoms with Gasteiger partial charge in [-0.25, -0.2) is 4.98 Å². The average molecular weight is 870 g/mol. The fraction of sp³-hybridized carbons (Fsp3) is 0. The molecule has 0 N–H and O–H groups in total. The van der Waals surface area contributed by atoms with Crippen molar-refractivity contribution in [3.63, 3.8) is 0 Å². The fourth-order valence-electron chi connectivity index (χ4n) is 10.8. The second-order valence-corrected chi connectivity index (χ2v) is 17.5. The van der Waals surface area contributed by atoms with Gasteiger partial charge in [-0.2, -0.15) is 9.97 Å². The summed E-state index contributed by atoms with van der Waals surface area (Å²) in [5, 5.41) is 10.8. The largest absolute Gasteiger partial charge is 0.456 e. The first-order chi connectivity index (χ1) is 33.7. The van der Waals surface area contributed by atoms with Gasteiger partial charge in [0, 0.05) is 65.3 Å². The maximum absolute atomic E-state index is 7.15. The van der Waals surface area contributed by atoms with Crippen LogP contribution in [0.2, 0.25) is 0 Å². The number of nitrogens with zero attached hydrogens (tertiary/aromatic N) is 5. The first kappa shape index (κ1) is 36.9. The van der Waals surface area contributed by atoms with Gasteiger partial charge in [-0.15, -0.1) is 0 Å². The number of para-hydroxylation sites is 4. The van der Waals surface area contributed by atoms with E-state index in [0.29, 0.717) is 17.6 Å². The molecular weight excluding hydrogens is 835 g/mol. The Hall–Kier alpha value is -9.33. The van der Waals surface area contributed by atoms with E-state index >= 15 is 0 Å². The minimum atomic E-state index is 0.497. The van der Waals surface area contributed by atoms with Crippen LogP contribution in [0.4, 0.5) is 0 Å². The standard InChI is InChI=1S/C61H35N5O2/c1-4-16-36(17-5-1)59-62-60(37-18-6-2-7-19-37)64-61(63-59)66-49-32-29-39(38-28-31-48-45(34-38)41-22-10-13-25-47(41)65(48)40-20-8-3-9-21-40)35-46(49)53-44-30-33-52-54(42-23-11-14-26-50(42)67-52)55(44)56-43-24-12-15-27-51(43)68-58(56)57(53)66/h1-35H. The normalized spacial score (nSPS) is 12.1. The summed E-state index contributed by atoms with van der Waals surface area (Å²) in [7, 11) is 0. The van der Waals surface area contributed by atoms with Crippen LogP contribution in [0.5, 0.6) is 0 Å². The van der Waals surface area contributed by atoms with E-state index in [0.717, 1.165) is 110 Å². The van der Waals surface area contributed by atoms with Gasteiger partial charge in [0.05, 0.1) is 16.6 Å². The summed E-state index contributed by atoms with van der Waals surface area (Å²) in [4.78, 5) is 15.8. The Balaban J connectivity index is 1.10. The molecule has 0 fully saturated rings. The second-order valence-electron chi connectivity index (χ2n) is 17.5. The van der Waals surface area contributed by atoms with Crippen LogP contribution >= 0.6 is 0 Å². The summed E-state index contributed by atoms with van der Waals surface area (Å²) in [6.07, 6.45) is 0. The van der Waals surface area contributed by atoms with E-state index in [1.54, 1.807) is 0 Å². The molecule has 15 aromatic rings. The Morgan fingerprint density at radius 3 is 1.54 bits per heavy atom. The number of fused-ring (bicyclic) bond motifs is 17. The molecule has 0 saturated heterocycles. The summed E-state index contributed by atoms with van der Waals surface area (Å²) in [6.45, 7) is 0. The zero-order valence-corrected chi connectivity index (χ0v) is 36.3. The van der Waals surface area contributed by atoms with Crippen LogP contribution in [0.15, 0.2) is 221 Å². The van der Waals surface area contributed by atoms with Crippen molar-refractivity contribution in [3.05, 3.63) is 212 Å². The van der Waals surface area contributed by atoms with Crippen LogP contribution in [0.1, 0.15) is 0 Å². The molecule has 0 aliphatic carbocycles. The molecule has 5 aromatic heterocycles. The molecule has 0 unspecified atom stereocenters. The molecule has 68 heavy (non-hydrogen) atoms. The van der Waals surface area contributed by atoms with Gasteiger partial charge in [-0.05, 0) is 83.2 Å². The Kier molecular flexibility index (Phi) is 7.65. The third-order valence-corrected chi connectivity index (χ3v) is 13.7. The van der Waals surface area contributed by atoms with Crippen LogP contribution in [0, 0.1) is 0 Å². The molecule has 7 nitrogen and oxygen atoms in total. The van der Waals surface area contributed by atoms with Gasteiger partial charge < -0.3 is 13.4 Å². The van der Waals surface area contributed by atoms with Crippen LogP contribution in [0.25, 0.3) is 144 Å². The molecular formula is C61H35N5O2. The topological polar surface area (TPSA) is 74.8 Å². The molecule has 7 heteroatoms. The van der Waals surface area contributed by atoms with Crippen molar-refractivity contribution >= 4 is 98.3 Å². The molecule has 5 heterocycles. The summed E-state index contributed by atoms with van der Waals surface area (Å²) >= 11 is 0. The Labute approximate surface area is 387 Å². The van der Waals surface area contributed by atoms with Gasteiger partial charge >= 0.3 is 0 Å². The quantitative estimate of drug-likeness (QED) is 0.172. The van der Waals surface area contributed by atoms with Crippen molar-refractivity contribution in [2.45, 2.75) is 0 Å². The fourth-order valence-corrected chi connectivity index (χ4v) is 10.8. The maximum atomic E-state index is 7.15. The Bertz CT molecular complexity index is 4490. The van der Waals surface area contributed by atoms with Crippen LogP contribution in [-0.4, -0.2) is 24.1 Å². The Morgan fingerprint density at radius 2 is 0.853 bits per heavy atom. The highest BCUT2D eigenvalue weighted by atomic mass is 16.3. The highest BCUT2D eigenvalue weighted by Gasteiger charge is 2.28. The predicted octanol–water partition coefficient (Wildman–Crippen LogP) is 16.0. The van der Waals surface area contributed by atoms with Gasteiger partial charge in [-0.1, -0.05) is 146 Å². The third-order valence-electron chi connectivity index (χ3n) is 13.7. The van der Waals surface area contributed by atoms with E-state index in [2.05, 4.69) is 143 Å². The zero-order valence-electron chi connectivity index (χ0n) is 36.3. The molecule has 0 saturated carbocycles. The van der Waals surface area contributed by atoms with E-state index < -0.39 is 0 Å². The molecule has 15 rings (SSSR count). The molecule has 0 aliphatic heterocycles. The monoisotopic (exact) mass is 869 g/mol. The predicted molar refractivity (Wildman–Crippen MR) is 277 cm³/mol. The lowest BCUT2D eigenvalue weighted by Crippen LogP contribution is -2.06. The van der Waals surface area contributed by atoms with Crippen LogP contribution < -0.4 is 0 Å². The smallest absolute Gasteiger partial charge is 0.238 e. The minimum Gasteiger partial charge on any atom is -0.456 e. The van der Waals surface area contributed by atoms with Gasteiger partial charge in [0.2, 0.25) is 5.95 Å². The lowest BCUT2D eigenvalue weighted by molar-refractivity contribution is 0.669. The van der Waals surface area contributed by atoms with Crippen molar-refractivity contribution in [3.8, 4) is 45.5 Å². The van der Waals surface area contributed by atoms with Gasteiger partial charge in [0.25, 0.3) is 0 Å². The molecule has 0 bridgehead atoms. The molecule has 316 valence electrons. The number of benzene rings is 10. The van der Waals surface area contributed by atoms with Crippen molar-refractivity contribution < 1.29 is 8.83 Å². The average Bonchev–Trinajstić information content (AvgIpc) is 4.17. The third kappa shape index (κ3) is 5.26.